The van der Waals surface area contributed by atoms with E-state index in [9.17, 15) is 4.79 Å². The standard InChI is InChI=1S/C13H23NO/c1-13(2,3)12(15)14-9-5-7-10-6-4-8-11(10)14/h10-11H,4-9H2,1-3H3. The summed E-state index contributed by atoms with van der Waals surface area (Å²) in [4.78, 5) is 14.5. The Labute approximate surface area is 93.0 Å². The SMILES string of the molecule is CC(C)(C)C(=O)N1CCCC2CCCC21. The third kappa shape index (κ3) is 2.04. The van der Waals surface area contributed by atoms with E-state index in [2.05, 4.69) is 4.90 Å². The number of likely N-dealkylation sites (tertiary alicyclic amines) is 1. The molecule has 0 aromatic carbocycles. The van der Waals surface area contributed by atoms with Gasteiger partial charge in [0.2, 0.25) is 5.91 Å². The molecule has 2 fully saturated rings. The Kier molecular flexibility index (Phi) is 2.78. The minimum Gasteiger partial charge on any atom is -0.339 e. The highest BCUT2D eigenvalue weighted by atomic mass is 16.2. The minimum atomic E-state index is -0.204. The summed E-state index contributed by atoms with van der Waals surface area (Å²) in [6.45, 7) is 7.10. The molecule has 1 saturated carbocycles. The largest absolute Gasteiger partial charge is 0.339 e. The van der Waals surface area contributed by atoms with E-state index in [1.807, 2.05) is 20.8 Å². The Bertz CT molecular complexity index is 254. The van der Waals surface area contributed by atoms with Crippen LogP contribution in [0.1, 0.15) is 52.9 Å². The number of carbonyl (C=O) groups is 1. The van der Waals surface area contributed by atoms with Gasteiger partial charge in [-0.15, -0.1) is 0 Å². The van der Waals surface area contributed by atoms with Crippen LogP contribution in [-0.2, 0) is 4.79 Å². The van der Waals surface area contributed by atoms with E-state index < -0.39 is 0 Å². The van der Waals surface area contributed by atoms with E-state index in [0.29, 0.717) is 11.9 Å². The molecule has 2 nitrogen and oxygen atoms in total. The Hall–Kier alpha value is -0.530. The maximum atomic E-state index is 12.3. The highest BCUT2D eigenvalue weighted by molar-refractivity contribution is 5.82. The lowest BCUT2D eigenvalue weighted by Gasteiger charge is -2.41. The number of nitrogens with zero attached hydrogens (tertiary/aromatic N) is 1. The van der Waals surface area contributed by atoms with Crippen LogP contribution in [-0.4, -0.2) is 23.4 Å². The van der Waals surface area contributed by atoms with Crippen LogP contribution in [0.5, 0.6) is 0 Å². The van der Waals surface area contributed by atoms with Crippen molar-refractivity contribution >= 4 is 5.91 Å². The van der Waals surface area contributed by atoms with Crippen LogP contribution in [0.15, 0.2) is 0 Å². The molecule has 1 aliphatic heterocycles. The second-order valence-electron chi connectivity index (χ2n) is 6.15. The van der Waals surface area contributed by atoms with Gasteiger partial charge in [-0.1, -0.05) is 27.2 Å². The smallest absolute Gasteiger partial charge is 0.228 e. The summed E-state index contributed by atoms with van der Waals surface area (Å²) in [5, 5.41) is 0. The van der Waals surface area contributed by atoms with Crippen LogP contribution < -0.4 is 0 Å². The first-order chi connectivity index (χ1) is 7.00. The van der Waals surface area contributed by atoms with Crippen molar-refractivity contribution in [3.63, 3.8) is 0 Å². The Morgan fingerprint density at radius 2 is 1.80 bits per heavy atom. The van der Waals surface area contributed by atoms with Gasteiger partial charge in [0.25, 0.3) is 0 Å². The van der Waals surface area contributed by atoms with Gasteiger partial charge in [0.05, 0.1) is 0 Å². The number of piperidine rings is 1. The molecule has 0 bridgehead atoms. The number of carbonyl (C=O) groups excluding carboxylic acids is 1. The topological polar surface area (TPSA) is 20.3 Å². The summed E-state index contributed by atoms with van der Waals surface area (Å²) >= 11 is 0. The van der Waals surface area contributed by atoms with Crippen molar-refractivity contribution in [2.75, 3.05) is 6.54 Å². The molecule has 1 saturated heterocycles. The monoisotopic (exact) mass is 209 g/mol. The first-order valence-electron chi connectivity index (χ1n) is 6.31. The van der Waals surface area contributed by atoms with Gasteiger partial charge in [0.15, 0.2) is 0 Å². The maximum absolute atomic E-state index is 12.3. The fourth-order valence-corrected chi connectivity index (χ4v) is 3.14. The van der Waals surface area contributed by atoms with Crippen LogP contribution in [0.2, 0.25) is 0 Å². The van der Waals surface area contributed by atoms with Crippen molar-refractivity contribution in [1.29, 1.82) is 0 Å². The molecule has 0 spiro atoms. The molecule has 2 heteroatoms. The van der Waals surface area contributed by atoms with Gasteiger partial charge in [0, 0.05) is 18.0 Å². The zero-order valence-electron chi connectivity index (χ0n) is 10.3. The third-order valence-corrected chi connectivity index (χ3v) is 3.90. The molecule has 2 rings (SSSR count). The number of fused-ring (bicyclic) bond motifs is 1. The van der Waals surface area contributed by atoms with Crippen molar-refractivity contribution in [2.45, 2.75) is 58.9 Å². The van der Waals surface area contributed by atoms with E-state index in [4.69, 9.17) is 0 Å². The fraction of sp³-hybridized carbons (Fsp3) is 0.923. The molecule has 2 unspecified atom stereocenters. The predicted molar refractivity (Wildman–Crippen MR) is 61.5 cm³/mol. The Morgan fingerprint density at radius 1 is 1.13 bits per heavy atom. The van der Waals surface area contributed by atoms with E-state index >= 15 is 0 Å². The first kappa shape index (κ1) is 11.0. The van der Waals surface area contributed by atoms with Crippen molar-refractivity contribution in [2.24, 2.45) is 11.3 Å². The molecule has 1 heterocycles. The Morgan fingerprint density at radius 3 is 2.47 bits per heavy atom. The highest BCUT2D eigenvalue weighted by Crippen LogP contribution is 2.38. The zero-order chi connectivity index (χ0) is 11.1. The van der Waals surface area contributed by atoms with Gasteiger partial charge in [-0.2, -0.15) is 0 Å². The average Bonchev–Trinajstić information content (AvgIpc) is 2.62. The lowest BCUT2D eigenvalue weighted by Crippen LogP contribution is -2.50. The minimum absolute atomic E-state index is 0.204. The van der Waals surface area contributed by atoms with Gasteiger partial charge in [0.1, 0.15) is 0 Å². The molecule has 86 valence electrons. The first-order valence-corrected chi connectivity index (χ1v) is 6.31. The number of amides is 1. The molecule has 0 aromatic rings. The van der Waals surface area contributed by atoms with E-state index in [1.165, 1.54) is 32.1 Å². The number of hydrogen-bond acceptors (Lipinski definition) is 1. The molecule has 1 amide bonds. The second-order valence-corrected chi connectivity index (χ2v) is 6.15. The summed E-state index contributed by atoms with van der Waals surface area (Å²) in [5.41, 5.74) is -0.204. The molecule has 2 atom stereocenters. The van der Waals surface area contributed by atoms with Crippen LogP contribution in [0.25, 0.3) is 0 Å². The van der Waals surface area contributed by atoms with E-state index in [0.717, 1.165) is 12.5 Å². The molecule has 0 aromatic heterocycles. The second kappa shape index (κ2) is 3.80. The van der Waals surface area contributed by atoms with Gasteiger partial charge in [-0.3, -0.25) is 4.79 Å². The maximum Gasteiger partial charge on any atom is 0.228 e. The molecule has 0 N–H and O–H groups in total. The van der Waals surface area contributed by atoms with Crippen LogP contribution in [0.3, 0.4) is 0 Å². The summed E-state index contributed by atoms with van der Waals surface area (Å²) in [5.74, 6) is 1.17. The van der Waals surface area contributed by atoms with Gasteiger partial charge in [-0.05, 0) is 31.6 Å². The molecule has 2 aliphatic rings. The quantitative estimate of drug-likeness (QED) is 0.601. The van der Waals surface area contributed by atoms with Crippen molar-refractivity contribution in [3.8, 4) is 0 Å². The van der Waals surface area contributed by atoms with Crippen LogP contribution in [0.4, 0.5) is 0 Å². The predicted octanol–water partition coefficient (Wildman–Crippen LogP) is 2.82. The molecule has 1 aliphatic carbocycles. The van der Waals surface area contributed by atoms with Gasteiger partial charge >= 0.3 is 0 Å². The fourth-order valence-electron chi connectivity index (χ4n) is 3.14. The van der Waals surface area contributed by atoms with Crippen LogP contribution in [0, 0.1) is 11.3 Å². The molecule has 15 heavy (non-hydrogen) atoms. The summed E-state index contributed by atoms with van der Waals surface area (Å²) in [6.07, 6.45) is 6.47. The number of rotatable bonds is 0. The van der Waals surface area contributed by atoms with Crippen LogP contribution >= 0.6 is 0 Å². The summed E-state index contributed by atoms with van der Waals surface area (Å²) in [7, 11) is 0. The van der Waals surface area contributed by atoms with Crippen molar-refractivity contribution < 1.29 is 4.79 Å². The zero-order valence-corrected chi connectivity index (χ0v) is 10.3. The van der Waals surface area contributed by atoms with Crippen molar-refractivity contribution in [1.82, 2.24) is 4.90 Å². The Balaban J connectivity index is 2.11. The van der Waals surface area contributed by atoms with Gasteiger partial charge in [-0.25, -0.2) is 0 Å². The third-order valence-electron chi connectivity index (χ3n) is 3.90. The molecular weight excluding hydrogens is 186 g/mol. The average molecular weight is 209 g/mol. The van der Waals surface area contributed by atoms with E-state index in [-0.39, 0.29) is 5.41 Å². The highest BCUT2D eigenvalue weighted by Gasteiger charge is 2.40. The summed E-state index contributed by atoms with van der Waals surface area (Å²) in [6, 6.07) is 0.575. The normalized spacial score (nSPS) is 31.5. The molecular formula is C13H23NO. The van der Waals surface area contributed by atoms with Gasteiger partial charge < -0.3 is 4.90 Å². The number of hydrogen-bond donors (Lipinski definition) is 0. The van der Waals surface area contributed by atoms with E-state index in [1.54, 1.807) is 0 Å². The lowest BCUT2D eigenvalue weighted by atomic mass is 9.87. The van der Waals surface area contributed by atoms with Crippen molar-refractivity contribution in [3.05, 3.63) is 0 Å². The molecule has 0 radical (unpaired) electrons. The summed E-state index contributed by atoms with van der Waals surface area (Å²) < 4.78 is 0. The lowest BCUT2D eigenvalue weighted by molar-refractivity contribution is -0.144.